The van der Waals surface area contributed by atoms with Gasteiger partial charge in [-0.15, -0.1) is 0 Å². The van der Waals surface area contributed by atoms with Crippen LogP contribution in [0.1, 0.15) is 23.2 Å². The Hall–Kier alpha value is -1.76. The minimum Gasteiger partial charge on any atom is -0.482 e. The number of hydrogen-bond donors (Lipinski definition) is 2. The molecular formula is C15H17Cl2N3O3. The van der Waals surface area contributed by atoms with Crippen molar-refractivity contribution >= 4 is 29.1 Å². The molecule has 0 saturated carbocycles. The van der Waals surface area contributed by atoms with Crippen LogP contribution in [0.5, 0.6) is 5.75 Å². The van der Waals surface area contributed by atoms with E-state index in [-0.39, 0.29) is 24.1 Å². The molecule has 0 aliphatic carbocycles. The van der Waals surface area contributed by atoms with Crippen molar-refractivity contribution in [2.75, 3.05) is 13.1 Å². The third kappa shape index (κ3) is 4.86. The second kappa shape index (κ2) is 8.19. The van der Waals surface area contributed by atoms with Crippen LogP contribution < -0.4 is 15.8 Å². The molecule has 1 aromatic heterocycles. The number of nitrogens with one attached hydrogen (secondary N) is 1. The lowest BCUT2D eigenvalue weighted by Crippen LogP contribution is -2.31. The minimum absolute atomic E-state index is 0.0585. The van der Waals surface area contributed by atoms with Crippen molar-refractivity contribution in [3.8, 4) is 5.75 Å². The van der Waals surface area contributed by atoms with Gasteiger partial charge in [0.05, 0.1) is 10.0 Å². The van der Waals surface area contributed by atoms with Gasteiger partial charge in [-0.2, -0.15) is 0 Å². The maximum absolute atomic E-state index is 11.9. The summed E-state index contributed by atoms with van der Waals surface area (Å²) in [6.07, 6.45) is 0. The molecule has 1 amide bonds. The van der Waals surface area contributed by atoms with E-state index in [0.29, 0.717) is 34.6 Å². The van der Waals surface area contributed by atoms with E-state index in [0.717, 1.165) is 0 Å². The van der Waals surface area contributed by atoms with Crippen LogP contribution in [0.25, 0.3) is 0 Å². The van der Waals surface area contributed by atoms with E-state index in [4.69, 9.17) is 38.2 Å². The number of ether oxygens (including phenoxy) is 1. The molecule has 0 aliphatic rings. The van der Waals surface area contributed by atoms with E-state index in [1.54, 1.807) is 18.2 Å². The van der Waals surface area contributed by atoms with Gasteiger partial charge in [-0.1, -0.05) is 41.3 Å². The van der Waals surface area contributed by atoms with Crippen molar-refractivity contribution in [1.82, 2.24) is 10.5 Å². The monoisotopic (exact) mass is 357 g/mol. The van der Waals surface area contributed by atoms with E-state index >= 15 is 0 Å². The summed E-state index contributed by atoms with van der Waals surface area (Å²) in [6, 6.07) is 6.56. The van der Waals surface area contributed by atoms with E-state index in [2.05, 4.69) is 10.5 Å². The average molecular weight is 358 g/mol. The average Bonchev–Trinajstić information content (AvgIpc) is 3.00. The lowest BCUT2D eigenvalue weighted by molar-refractivity contribution is 0.0939. The second-order valence-electron chi connectivity index (χ2n) is 5.07. The van der Waals surface area contributed by atoms with Gasteiger partial charge < -0.3 is 20.3 Å². The molecule has 2 rings (SSSR count). The molecule has 2 aromatic rings. The largest absolute Gasteiger partial charge is 0.482 e. The van der Waals surface area contributed by atoms with Crippen LogP contribution >= 0.6 is 23.2 Å². The van der Waals surface area contributed by atoms with Crippen molar-refractivity contribution in [1.29, 1.82) is 0 Å². The SMILES string of the molecule is CC(CN)CNC(=O)c1cc(COc2c(Cl)cccc2Cl)on1. The van der Waals surface area contributed by atoms with Crippen molar-refractivity contribution < 1.29 is 14.1 Å². The Morgan fingerprint density at radius 3 is 2.78 bits per heavy atom. The zero-order valence-electron chi connectivity index (χ0n) is 12.5. The number of hydrogen-bond acceptors (Lipinski definition) is 5. The minimum atomic E-state index is -0.323. The Balaban J connectivity index is 1.93. The number of halogens is 2. The predicted octanol–water partition coefficient (Wildman–Crippen LogP) is 2.89. The molecular weight excluding hydrogens is 341 g/mol. The van der Waals surface area contributed by atoms with E-state index in [9.17, 15) is 4.79 Å². The molecule has 1 heterocycles. The van der Waals surface area contributed by atoms with E-state index < -0.39 is 0 Å². The molecule has 3 N–H and O–H groups in total. The van der Waals surface area contributed by atoms with Crippen LogP contribution in [-0.2, 0) is 6.61 Å². The molecule has 1 unspecified atom stereocenters. The first kappa shape index (κ1) is 17.6. The van der Waals surface area contributed by atoms with Gasteiger partial charge in [0, 0.05) is 12.6 Å². The number of nitrogens with two attached hydrogens (primary N) is 1. The molecule has 0 saturated heterocycles. The third-order valence-electron chi connectivity index (χ3n) is 3.08. The van der Waals surface area contributed by atoms with Crippen LogP contribution in [0.15, 0.2) is 28.8 Å². The molecule has 124 valence electrons. The summed E-state index contributed by atoms with van der Waals surface area (Å²) in [4.78, 5) is 11.9. The summed E-state index contributed by atoms with van der Waals surface area (Å²) >= 11 is 12.0. The second-order valence-corrected chi connectivity index (χ2v) is 5.88. The van der Waals surface area contributed by atoms with Crippen LogP contribution in [0, 0.1) is 5.92 Å². The Morgan fingerprint density at radius 2 is 2.13 bits per heavy atom. The molecule has 6 nitrogen and oxygen atoms in total. The van der Waals surface area contributed by atoms with E-state index in [1.807, 2.05) is 6.92 Å². The van der Waals surface area contributed by atoms with Gasteiger partial charge in [-0.25, -0.2) is 0 Å². The van der Waals surface area contributed by atoms with Crippen LogP contribution in [-0.4, -0.2) is 24.2 Å². The van der Waals surface area contributed by atoms with Crippen molar-refractivity contribution in [2.24, 2.45) is 11.7 Å². The number of benzene rings is 1. The summed E-state index contributed by atoms with van der Waals surface area (Å²) in [7, 11) is 0. The Bertz CT molecular complexity index is 655. The van der Waals surface area contributed by atoms with Crippen LogP contribution in [0.4, 0.5) is 0 Å². The molecule has 0 fully saturated rings. The highest BCUT2D eigenvalue weighted by atomic mass is 35.5. The quantitative estimate of drug-likeness (QED) is 0.794. The Labute approximate surface area is 143 Å². The maximum atomic E-state index is 11.9. The van der Waals surface area contributed by atoms with Crippen molar-refractivity contribution in [3.63, 3.8) is 0 Å². The first-order chi connectivity index (χ1) is 11.0. The maximum Gasteiger partial charge on any atom is 0.273 e. The summed E-state index contributed by atoms with van der Waals surface area (Å²) in [5.41, 5.74) is 5.68. The Morgan fingerprint density at radius 1 is 1.43 bits per heavy atom. The molecule has 0 radical (unpaired) electrons. The number of carbonyl (C=O) groups excluding carboxylic acids is 1. The van der Waals surface area contributed by atoms with Crippen molar-refractivity contribution in [2.45, 2.75) is 13.5 Å². The van der Waals surface area contributed by atoms with Gasteiger partial charge in [-0.3, -0.25) is 4.79 Å². The number of carbonyl (C=O) groups is 1. The summed E-state index contributed by atoms with van der Waals surface area (Å²) in [6.45, 7) is 2.97. The molecule has 1 aromatic carbocycles. The predicted molar refractivity (Wildman–Crippen MR) is 87.8 cm³/mol. The lowest BCUT2D eigenvalue weighted by atomic mass is 10.2. The van der Waals surface area contributed by atoms with Gasteiger partial charge >= 0.3 is 0 Å². The fraction of sp³-hybridized carbons (Fsp3) is 0.333. The van der Waals surface area contributed by atoms with E-state index in [1.165, 1.54) is 6.07 Å². The molecule has 23 heavy (non-hydrogen) atoms. The van der Waals surface area contributed by atoms with Gasteiger partial charge in [0.2, 0.25) is 0 Å². The summed E-state index contributed by atoms with van der Waals surface area (Å²) in [5.74, 6) is 0.611. The standard InChI is InChI=1S/C15H17Cl2N3O3/c1-9(6-18)7-19-15(21)13-5-10(23-20-13)8-22-14-11(16)3-2-4-12(14)17/h2-5,9H,6-8,18H2,1H3,(H,19,21). The van der Waals surface area contributed by atoms with Crippen molar-refractivity contribution in [3.05, 3.63) is 45.8 Å². The van der Waals surface area contributed by atoms with Crippen LogP contribution in [0.3, 0.4) is 0 Å². The molecule has 8 heteroatoms. The van der Waals surface area contributed by atoms with Gasteiger partial charge in [-0.05, 0) is 24.6 Å². The first-order valence-electron chi connectivity index (χ1n) is 7.02. The number of rotatable bonds is 7. The first-order valence-corrected chi connectivity index (χ1v) is 7.77. The summed E-state index contributed by atoms with van der Waals surface area (Å²) < 4.78 is 10.6. The van der Waals surface area contributed by atoms with Gasteiger partial charge in [0.25, 0.3) is 5.91 Å². The van der Waals surface area contributed by atoms with Crippen LogP contribution in [0.2, 0.25) is 10.0 Å². The topological polar surface area (TPSA) is 90.4 Å². The normalized spacial score (nSPS) is 12.0. The highest BCUT2D eigenvalue weighted by molar-refractivity contribution is 6.37. The molecule has 1 atom stereocenters. The number of nitrogens with zero attached hydrogens (tertiary/aromatic N) is 1. The fourth-order valence-electron chi connectivity index (χ4n) is 1.69. The highest BCUT2D eigenvalue weighted by Gasteiger charge is 2.14. The zero-order valence-corrected chi connectivity index (χ0v) is 14.0. The third-order valence-corrected chi connectivity index (χ3v) is 3.68. The number of para-hydroxylation sites is 1. The van der Waals surface area contributed by atoms with Gasteiger partial charge in [0.15, 0.2) is 17.2 Å². The Kier molecular flexibility index (Phi) is 6.27. The molecule has 0 aliphatic heterocycles. The molecule has 0 bridgehead atoms. The van der Waals surface area contributed by atoms with Gasteiger partial charge in [0.1, 0.15) is 6.61 Å². The zero-order chi connectivity index (χ0) is 16.8. The number of amides is 1. The smallest absolute Gasteiger partial charge is 0.273 e. The highest BCUT2D eigenvalue weighted by Crippen LogP contribution is 2.32. The summed E-state index contributed by atoms with van der Waals surface area (Å²) in [5, 5.41) is 7.23. The number of aromatic nitrogens is 1. The lowest BCUT2D eigenvalue weighted by Gasteiger charge is -2.08. The fourth-order valence-corrected chi connectivity index (χ4v) is 2.20. The molecule has 0 spiro atoms.